The standard InChI is InChI=1S/C11H24N2O/c1-2-3-7-13-8-4-11(5-9-13)14-10-6-12/h11H,2-10,12H2,1H3. The first-order valence-electron chi connectivity index (χ1n) is 5.90. The highest BCUT2D eigenvalue weighted by atomic mass is 16.5. The molecule has 0 aromatic carbocycles. The molecule has 1 rings (SSSR count). The normalized spacial score (nSPS) is 20.1. The third kappa shape index (κ3) is 4.40. The molecule has 3 nitrogen and oxygen atoms in total. The summed E-state index contributed by atoms with van der Waals surface area (Å²) in [7, 11) is 0. The molecule has 0 aliphatic carbocycles. The van der Waals surface area contributed by atoms with Crippen molar-refractivity contribution >= 4 is 0 Å². The highest BCUT2D eigenvalue weighted by Gasteiger charge is 2.18. The molecular weight excluding hydrogens is 176 g/mol. The van der Waals surface area contributed by atoms with Gasteiger partial charge in [0.1, 0.15) is 0 Å². The summed E-state index contributed by atoms with van der Waals surface area (Å²) in [6, 6.07) is 0. The number of unbranched alkanes of at least 4 members (excludes halogenated alkanes) is 1. The lowest BCUT2D eigenvalue weighted by molar-refractivity contribution is 0.0113. The van der Waals surface area contributed by atoms with Gasteiger partial charge in [-0.2, -0.15) is 0 Å². The minimum absolute atomic E-state index is 0.469. The highest BCUT2D eigenvalue weighted by molar-refractivity contribution is 4.72. The maximum atomic E-state index is 5.63. The zero-order valence-corrected chi connectivity index (χ0v) is 9.37. The quantitative estimate of drug-likeness (QED) is 0.701. The number of nitrogens with two attached hydrogens (primary N) is 1. The molecule has 0 aromatic rings. The highest BCUT2D eigenvalue weighted by Crippen LogP contribution is 2.13. The van der Waals surface area contributed by atoms with Gasteiger partial charge in [-0.3, -0.25) is 0 Å². The number of ether oxygens (including phenoxy) is 1. The maximum Gasteiger partial charge on any atom is 0.0600 e. The number of hydrogen-bond donors (Lipinski definition) is 1. The Bertz CT molecular complexity index is 117. The van der Waals surface area contributed by atoms with Crippen LogP contribution >= 0.6 is 0 Å². The van der Waals surface area contributed by atoms with E-state index in [2.05, 4.69) is 11.8 Å². The summed E-state index contributed by atoms with van der Waals surface area (Å²) in [4.78, 5) is 2.55. The van der Waals surface area contributed by atoms with Gasteiger partial charge in [0, 0.05) is 19.6 Å². The second-order valence-electron chi connectivity index (χ2n) is 4.05. The van der Waals surface area contributed by atoms with Crippen molar-refractivity contribution in [3.8, 4) is 0 Å². The summed E-state index contributed by atoms with van der Waals surface area (Å²) in [6.45, 7) is 7.29. The van der Waals surface area contributed by atoms with Gasteiger partial charge < -0.3 is 15.4 Å². The lowest BCUT2D eigenvalue weighted by Crippen LogP contribution is -2.38. The molecule has 1 fully saturated rings. The van der Waals surface area contributed by atoms with E-state index in [0.717, 1.165) is 6.61 Å². The lowest BCUT2D eigenvalue weighted by Gasteiger charge is -2.31. The molecule has 0 spiro atoms. The van der Waals surface area contributed by atoms with Crippen LogP contribution in [0.5, 0.6) is 0 Å². The first-order valence-corrected chi connectivity index (χ1v) is 5.90. The molecule has 1 aliphatic heterocycles. The molecule has 3 heteroatoms. The molecule has 0 unspecified atom stereocenters. The minimum atomic E-state index is 0.469. The molecule has 0 amide bonds. The fraction of sp³-hybridized carbons (Fsp3) is 1.00. The molecule has 1 heterocycles. The smallest absolute Gasteiger partial charge is 0.0600 e. The van der Waals surface area contributed by atoms with Crippen molar-refractivity contribution in [2.45, 2.75) is 38.7 Å². The van der Waals surface area contributed by atoms with Gasteiger partial charge in [0.05, 0.1) is 12.7 Å². The van der Waals surface area contributed by atoms with Crippen LogP contribution in [0.3, 0.4) is 0 Å². The Kier molecular flexibility index (Phi) is 6.15. The van der Waals surface area contributed by atoms with E-state index in [4.69, 9.17) is 10.5 Å². The van der Waals surface area contributed by atoms with Crippen LogP contribution in [-0.2, 0) is 4.74 Å². The lowest BCUT2D eigenvalue weighted by atomic mass is 10.1. The Labute approximate surface area is 87.6 Å². The van der Waals surface area contributed by atoms with Gasteiger partial charge in [-0.25, -0.2) is 0 Å². The molecule has 0 radical (unpaired) electrons. The van der Waals surface area contributed by atoms with Crippen LogP contribution in [0.25, 0.3) is 0 Å². The molecule has 84 valence electrons. The fourth-order valence-electron chi connectivity index (χ4n) is 1.92. The molecule has 0 aromatic heterocycles. The summed E-state index contributed by atoms with van der Waals surface area (Å²) in [5.74, 6) is 0. The zero-order valence-electron chi connectivity index (χ0n) is 9.37. The van der Waals surface area contributed by atoms with Crippen LogP contribution in [0, 0.1) is 0 Å². The van der Waals surface area contributed by atoms with E-state index in [1.807, 2.05) is 0 Å². The van der Waals surface area contributed by atoms with Gasteiger partial charge in [0.15, 0.2) is 0 Å². The molecule has 1 saturated heterocycles. The fourth-order valence-corrected chi connectivity index (χ4v) is 1.92. The van der Waals surface area contributed by atoms with Gasteiger partial charge in [-0.05, 0) is 25.8 Å². The first kappa shape index (κ1) is 12.0. The largest absolute Gasteiger partial charge is 0.377 e. The zero-order chi connectivity index (χ0) is 10.2. The summed E-state index contributed by atoms with van der Waals surface area (Å²) < 4.78 is 5.63. The van der Waals surface area contributed by atoms with Crippen LogP contribution in [0.4, 0.5) is 0 Å². The average molecular weight is 200 g/mol. The van der Waals surface area contributed by atoms with E-state index in [9.17, 15) is 0 Å². The molecular formula is C11H24N2O. The summed E-state index contributed by atoms with van der Waals surface area (Å²) in [5.41, 5.74) is 5.40. The monoisotopic (exact) mass is 200 g/mol. The molecule has 2 N–H and O–H groups in total. The number of piperidine rings is 1. The van der Waals surface area contributed by atoms with E-state index in [1.165, 1.54) is 45.3 Å². The van der Waals surface area contributed by atoms with Gasteiger partial charge in [0.25, 0.3) is 0 Å². The van der Waals surface area contributed by atoms with E-state index in [-0.39, 0.29) is 0 Å². The van der Waals surface area contributed by atoms with Crippen LogP contribution in [0.1, 0.15) is 32.6 Å². The van der Waals surface area contributed by atoms with E-state index in [1.54, 1.807) is 0 Å². The predicted molar refractivity (Wildman–Crippen MR) is 59.4 cm³/mol. The SMILES string of the molecule is CCCCN1CCC(OCCN)CC1. The minimum Gasteiger partial charge on any atom is -0.377 e. The van der Waals surface area contributed by atoms with Gasteiger partial charge in [-0.1, -0.05) is 13.3 Å². The Hall–Kier alpha value is -0.120. The van der Waals surface area contributed by atoms with Crippen molar-refractivity contribution in [2.75, 3.05) is 32.8 Å². The number of hydrogen-bond acceptors (Lipinski definition) is 3. The van der Waals surface area contributed by atoms with Crippen LogP contribution in [-0.4, -0.2) is 43.8 Å². The van der Waals surface area contributed by atoms with Crippen molar-refractivity contribution < 1.29 is 4.74 Å². The Morgan fingerprint density at radius 3 is 2.64 bits per heavy atom. The van der Waals surface area contributed by atoms with Gasteiger partial charge in [-0.15, -0.1) is 0 Å². The van der Waals surface area contributed by atoms with Crippen LogP contribution in [0.15, 0.2) is 0 Å². The topological polar surface area (TPSA) is 38.5 Å². The predicted octanol–water partition coefficient (Wildman–Crippen LogP) is 1.23. The Morgan fingerprint density at radius 2 is 2.07 bits per heavy atom. The third-order valence-electron chi connectivity index (χ3n) is 2.83. The summed E-state index contributed by atoms with van der Waals surface area (Å²) in [5, 5.41) is 0. The van der Waals surface area contributed by atoms with Crippen molar-refractivity contribution in [1.82, 2.24) is 4.90 Å². The number of nitrogens with zero attached hydrogens (tertiary/aromatic N) is 1. The third-order valence-corrected chi connectivity index (χ3v) is 2.83. The summed E-state index contributed by atoms with van der Waals surface area (Å²) >= 11 is 0. The van der Waals surface area contributed by atoms with E-state index >= 15 is 0 Å². The van der Waals surface area contributed by atoms with Crippen molar-refractivity contribution in [3.63, 3.8) is 0 Å². The molecule has 0 atom stereocenters. The van der Waals surface area contributed by atoms with Crippen LogP contribution < -0.4 is 5.73 Å². The summed E-state index contributed by atoms with van der Waals surface area (Å²) in [6.07, 6.45) is 5.46. The van der Waals surface area contributed by atoms with E-state index < -0.39 is 0 Å². The Morgan fingerprint density at radius 1 is 1.36 bits per heavy atom. The van der Waals surface area contributed by atoms with Crippen LogP contribution in [0.2, 0.25) is 0 Å². The maximum absolute atomic E-state index is 5.63. The van der Waals surface area contributed by atoms with Crippen molar-refractivity contribution in [2.24, 2.45) is 5.73 Å². The number of likely N-dealkylation sites (tertiary alicyclic amines) is 1. The second-order valence-corrected chi connectivity index (χ2v) is 4.05. The molecule has 1 aliphatic rings. The van der Waals surface area contributed by atoms with Gasteiger partial charge in [0.2, 0.25) is 0 Å². The first-order chi connectivity index (χ1) is 6.86. The van der Waals surface area contributed by atoms with Crippen molar-refractivity contribution in [1.29, 1.82) is 0 Å². The average Bonchev–Trinajstić information content (AvgIpc) is 2.25. The molecule has 0 saturated carbocycles. The molecule has 0 bridgehead atoms. The number of rotatable bonds is 6. The van der Waals surface area contributed by atoms with Crippen molar-refractivity contribution in [3.05, 3.63) is 0 Å². The van der Waals surface area contributed by atoms with Gasteiger partial charge >= 0.3 is 0 Å². The second kappa shape index (κ2) is 7.21. The molecule has 14 heavy (non-hydrogen) atoms. The van der Waals surface area contributed by atoms with E-state index in [0.29, 0.717) is 12.6 Å². The Balaban J connectivity index is 2.05.